The normalized spacial score (nSPS) is 11.3. The van der Waals surface area contributed by atoms with Gasteiger partial charge >= 0.3 is 5.97 Å². The average molecular weight is 382 g/mol. The number of anilines is 1. The Hall–Kier alpha value is -1.73. The maximum atomic E-state index is 11.4. The lowest BCUT2D eigenvalue weighted by Gasteiger charge is -2.01. The van der Waals surface area contributed by atoms with Gasteiger partial charge in [0.1, 0.15) is 0 Å². The number of nitrogens with zero attached hydrogens (tertiary/aromatic N) is 2. The van der Waals surface area contributed by atoms with Crippen LogP contribution in [0.5, 0.6) is 0 Å². The number of benzene rings is 1. The molecule has 22 heavy (non-hydrogen) atoms. The molecule has 1 N–H and O–H groups in total. The van der Waals surface area contributed by atoms with E-state index in [1.54, 1.807) is 6.92 Å². The zero-order valence-electron chi connectivity index (χ0n) is 12.3. The highest BCUT2D eigenvalue weighted by Gasteiger charge is 2.08. The molecule has 0 spiro atoms. The number of hydrazone groups is 1. The maximum absolute atomic E-state index is 11.4. The van der Waals surface area contributed by atoms with Crippen molar-refractivity contribution < 1.29 is 9.53 Å². The molecule has 1 heterocycles. The van der Waals surface area contributed by atoms with Crippen LogP contribution in [0.3, 0.4) is 0 Å². The molecular formula is C15H16BrN3O2S. The standard InChI is InChI=1S/C15H16BrN3O2S/c1-3-21-14(20)8-13-9-22-15(17-13)19-18-10(2)11-4-6-12(16)7-5-11/h4-7,9H,3,8H2,1-2H3,(H,17,19)/b18-10+. The Balaban J connectivity index is 1.96. The second-order valence-electron chi connectivity index (χ2n) is 4.44. The number of nitrogens with one attached hydrogen (secondary N) is 1. The number of ether oxygens (including phenoxy) is 1. The minimum absolute atomic E-state index is 0.182. The fourth-order valence-electron chi connectivity index (χ4n) is 1.69. The fraction of sp³-hybridized carbons (Fsp3) is 0.267. The molecule has 116 valence electrons. The molecule has 0 amide bonds. The first-order valence-electron chi connectivity index (χ1n) is 6.74. The number of rotatable bonds is 6. The number of hydrogen-bond acceptors (Lipinski definition) is 6. The van der Waals surface area contributed by atoms with Crippen LogP contribution in [-0.2, 0) is 16.0 Å². The summed E-state index contributed by atoms with van der Waals surface area (Å²) in [5.41, 5.74) is 5.48. The molecule has 0 radical (unpaired) electrons. The summed E-state index contributed by atoms with van der Waals surface area (Å²) in [5, 5.41) is 6.78. The van der Waals surface area contributed by atoms with E-state index in [1.165, 1.54) is 11.3 Å². The molecule has 1 aromatic heterocycles. The van der Waals surface area contributed by atoms with Crippen molar-refractivity contribution in [3.8, 4) is 0 Å². The van der Waals surface area contributed by atoms with Crippen molar-refractivity contribution in [1.82, 2.24) is 4.98 Å². The Kier molecular flexibility index (Phi) is 6.09. The lowest BCUT2D eigenvalue weighted by atomic mass is 10.1. The molecule has 0 unspecified atom stereocenters. The lowest BCUT2D eigenvalue weighted by Crippen LogP contribution is -2.07. The quantitative estimate of drug-likeness (QED) is 0.468. The van der Waals surface area contributed by atoms with E-state index in [1.807, 2.05) is 36.6 Å². The fourth-order valence-corrected chi connectivity index (χ4v) is 2.60. The van der Waals surface area contributed by atoms with Gasteiger partial charge in [-0.1, -0.05) is 28.1 Å². The van der Waals surface area contributed by atoms with Gasteiger partial charge in [0.05, 0.1) is 24.4 Å². The molecule has 0 saturated heterocycles. The Labute approximate surface area is 141 Å². The average Bonchev–Trinajstić information content (AvgIpc) is 2.93. The summed E-state index contributed by atoms with van der Waals surface area (Å²) in [7, 11) is 0. The zero-order chi connectivity index (χ0) is 15.9. The number of thiazole rings is 1. The summed E-state index contributed by atoms with van der Waals surface area (Å²) >= 11 is 4.81. The molecule has 0 aliphatic rings. The van der Waals surface area contributed by atoms with E-state index in [0.29, 0.717) is 17.4 Å². The summed E-state index contributed by atoms with van der Waals surface area (Å²) in [6.45, 7) is 4.08. The van der Waals surface area contributed by atoms with Crippen molar-refractivity contribution in [3.05, 3.63) is 45.4 Å². The third-order valence-corrected chi connectivity index (χ3v) is 4.09. The predicted octanol–water partition coefficient (Wildman–Crippen LogP) is 3.85. The first kappa shape index (κ1) is 16.6. The van der Waals surface area contributed by atoms with Crippen LogP contribution in [0.25, 0.3) is 0 Å². The van der Waals surface area contributed by atoms with Crippen LogP contribution in [0.2, 0.25) is 0 Å². The molecule has 1 aromatic carbocycles. The van der Waals surface area contributed by atoms with E-state index in [-0.39, 0.29) is 12.4 Å². The first-order valence-corrected chi connectivity index (χ1v) is 8.42. The Morgan fingerprint density at radius 1 is 1.41 bits per heavy atom. The van der Waals surface area contributed by atoms with E-state index < -0.39 is 0 Å². The van der Waals surface area contributed by atoms with Gasteiger partial charge in [0.25, 0.3) is 0 Å². The molecule has 2 aromatic rings. The van der Waals surface area contributed by atoms with E-state index in [9.17, 15) is 4.79 Å². The van der Waals surface area contributed by atoms with E-state index in [4.69, 9.17) is 4.74 Å². The van der Waals surface area contributed by atoms with Crippen molar-refractivity contribution >= 4 is 44.1 Å². The summed E-state index contributed by atoms with van der Waals surface area (Å²) in [4.78, 5) is 15.7. The predicted molar refractivity (Wildman–Crippen MR) is 92.4 cm³/mol. The van der Waals surface area contributed by atoms with Gasteiger partial charge in [-0.25, -0.2) is 4.98 Å². The van der Waals surface area contributed by atoms with Gasteiger partial charge in [-0.3, -0.25) is 10.2 Å². The van der Waals surface area contributed by atoms with Crippen LogP contribution in [-0.4, -0.2) is 23.3 Å². The number of carbonyl (C=O) groups excluding carboxylic acids is 1. The highest BCUT2D eigenvalue weighted by atomic mass is 79.9. The second kappa shape index (κ2) is 8.05. The zero-order valence-corrected chi connectivity index (χ0v) is 14.7. The molecule has 5 nitrogen and oxygen atoms in total. The molecule has 0 aliphatic carbocycles. The Morgan fingerprint density at radius 3 is 2.82 bits per heavy atom. The molecule has 0 fully saturated rings. The summed E-state index contributed by atoms with van der Waals surface area (Å²) in [6.07, 6.45) is 0.182. The molecule has 2 rings (SSSR count). The van der Waals surface area contributed by atoms with Crippen LogP contribution in [0.1, 0.15) is 25.1 Å². The van der Waals surface area contributed by atoms with Crippen molar-refractivity contribution in [2.45, 2.75) is 20.3 Å². The molecule has 0 aliphatic heterocycles. The van der Waals surface area contributed by atoms with Crippen LogP contribution >= 0.6 is 27.3 Å². The largest absolute Gasteiger partial charge is 0.466 e. The van der Waals surface area contributed by atoms with Gasteiger partial charge in [-0.2, -0.15) is 5.10 Å². The SMILES string of the molecule is CCOC(=O)Cc1csc(N/N=C(\C)c2ccc(Br)cc2)n1. The van der Waals surface area contributed by atoms with E-state index in [0.717, 1.165) is 15.7 Å². The Morgan fingerprint density at radius 2 is 2.14 bits per heavy atom. The second-order valence-corrected chi connectivity index (χ2v) is 6.22. The number of esters is 1. The van der Waals surface area contributed by atoms with Gasteiger partial charge in [-0.15, -0.1) is 11.3 Å². The van der Waals surface area contributed by atoms with Crippen molar-refractivity contribution in [3.63, 3.8) is 0 Å². The van der Waals surface area contributed by atoms with Crippen LogP contribution in [0.4, 0.5) is 5.13 Å². The first-order chi connectivity index (χ1) is 10.6. The van der Waals surface area contributed by atoms with Gasteiger partial charge in [0.15, 0.2) is 0 Å². The highest BCUT2D eigenvalue weighted by molar-refractivity contribution is 9.10. The monoisotopic (exact) mass is 381 g/mol. The number of aromatic nitrogens is 1. The molecule has 0 atom stereocenters. The number of hydrogen-bond donors (Lipinski definition) is 1. The van der Waals surface area contributed by atoms with Crippen molar-refractivity contribution in [1.29, 1.82) is 0 Å². The van der Waals surface area contributed by atoms with Crippen molar-refractivity contribution in [2.24, 2.45) is 5.10 Å². The molecular weight excluding hydrogens is 366 g/mol. The van der Waals surface area contributed by atoms with Gasteiger partial charge in [-0.05, 0) is 31.5 Å². The number of carbonyl (C=O) groups is 1. The van der Waals surface area contributed by atoms with E-state index in [2.05, 4.69) is 31.4 Å². The van der Waals surface area contributed by atoms with E-state index >= 15 is 0 Å². The third-order valence-electron chi connectivity index (χ3n) is 2.76. The Bertz CT molecular complexity index is 668. The summed E-state index contributed by atoms with van der Waals surface area (Å²) < 4.78 is 5.92. The number of halogens is 1. The smallest absolute Gasteiger partial charge is 0.311 e. The van der Waals surface area contributed by atoms with Gasteiger partial charge in [0.2, 0.25) is 5.13 Å². The van der Waals surface area contributed by atoms with Crippen molar-refractivity contribution in [2.75, 3.05) is 12.0 Å². The topological polar surface area (TPSA) is 63.6 Å². The minimum atomic E-state index is -0.270. The van der Waals surface area contributed by atoms with Gasteiger partial charge in [0, 0.05) is 9.85 Å². The molecule has 7 heteroatoms. The third kappa shape index (κ3) is 4.92. The summed E-state index contributed by atoms with van der Waals surface area (Å²) in [5.74, 6) is -0.270. The van der Waals surface area contributed by atoms with Crippen LogP contribution < -0.4 is 5.43 Å². The summed E-state index contributed by atoms with van der Waals surface area (Å²) in [6, 6.07) is 7.90. The van der Waals surface area contributed by atoms with Gasteiger partial charge < -0.3 is 4.74 Å². The lowest BCUT2D eigenvalue weighted by molar-refractivity contribution is -0.142. The van der Waals surface area contributed by atoms with Crippen LogP contribution in [0, 0.1) is 0 Å². The van der Waals surface area contributed by atoms with Crippen LogP contribution in [0.15, 0.2) is 39.2 Å². The highest BCUT2D eigenvalue weighted by Crippen LogP contribution is 2.17. The molecule has 0 bridgehead atoms. The minimum Gasteiger partial charge on any atom is -0.466 e. The molecule has 0 saturated carbocycles. The maximum Gasteiger partial charge on any atom is 0.311 e.